The first kappa shape index (κ1) is 26.7. The molecule has 9 nitrogen and oxygen atoms in total. The van der Waals surface area contributed by atoms with Gasteiger partial charge in [0.2, 0.25) is 0 Å². The Hall–Kier alpha value is -3.36. The van der Waals surface area contributed by atoms with Gasteiger partial charge in [-0.3, -0.25) is 9.91 Å². The fourth-order valence-corrected chi connectivity index (χ4v) is 5.34. The predicted molar refractivity (Wildman–Crippen MR) is 140 cm³/mol. The van der Waals surface area contributed by atoms with Crippen LogP contribution >= 0.6 is 0 Å². The van der Waals surface area contributed by atoms with Crippen molar-refractivity contribution in [1.82, 2.24) is 9.80 Å². The molecule has 0 bridgehead atoms. The molecule has 5 rings (SSSR count). The highest BCUT2D eigenvalue weighted by atomic mass is 19.1. The summed E-state index contributed by atoms with van der Waals surface area (Å²) < 4.78 is 19.6. The standard InChI is InChI=1S/C16H20FN3O.C11H14N4O/c1-11-13(3-4-15(17)14(11)7-18)16-9-20-6-5-19(2)8-12(20)10-21-16;12-14-7-15(13)11-2-1-9-3-8(6-16)4-10(9)5-11/h3-4,12,16H,5-6,8-10H2,1-2H3;1-2,5-8H,3-4,12-13H2/b;14-7-. The zero-order valence-electron chi connectivity index (χ0n) is 21.3. The van der Waals surface area contributed by atoms with E-state index in [9.17, 15) is 9.18 Å². The van der Waals surface area contributed by atoms with Gasteiger partial charge in [-0.15, -0.1) is 0 Å². The summed E-state index contributed by atoms with van der Waals surface area (Å²) in [4.78, 5) is 15.5. The number of rotatable bonds is 4. The summed E-state index contributed by atoms with van der Waals surface area (Å²) in [6.07, 6.45) is 3.90. The van der Waals surface area contributed by atoms with E-state index in [1.54, 1.807) is 13.0 Å². The Morgan fingerprint density at radius 3 is 2.73 bits per heavy atom. The smallest absolute Gasteiger partial charge is 0.141 e. The zero-order chi connectivity index (χ0) is 26.5. The summed E-state index contributed by atoms with van der Waals surface area (Å²) in [6, 6.07) is 11.4. The molecule has 10 heteroatoms. The van der Waals surface area contributed by atoms with Crippen LogP contribution in [0.4, 0.5) is 10.1 Å². The number of hydrogen-bond acceptors (Lipinski definition) is 8. The first-order valence-electron chi connectivity index (χ1n) is 12.4. The average molecular weight is 508 g/mol. The quantitative estimate of drug-likeness (QED) is 0.211. The number of fused-ring (bicyclic) bond motifs is 2. The van der Waals surface area contributed by atoms with Crippen molar-refractivity contribution in [1.29, 1.82) is 5.26 Å². The van der Waals surface area contributed by atoms with Gasteiger partial charge in [-0.05, 0) is 67.3 Å². The maximum Gasteiger partial charge on any atom is 0.141 e. The van der Waals surface area contributed by atoms with Crippen molar-refractivity contribution < 1.29 is 13.9 Å². The number of anilines is 1. The van der Waals surface area contributed by atoms with Gasteiger partial charge < -0.3 is 20.3 Å². The van der Waals surface area contributed by atoms with Crippen LogP contribution in [0.5, 0.6) is 0 Å². The Morgan fingerprint density at radius 1 is 1.22 bits per heavy atom. The average Bonchev–Trinajstić information content (AvgIpc) is 3.32. The Labute approximate surface area is 217 Å². The lowest BCUT2D eigenvalue weighted by atomic mass is 9.96. The van der Waals surface area contributed by atoms with Crippen molar-refractivity contribution in [2.75, 3.05) is 44.8 Å². The molecule has 2 heterocycles. The molecule has 2 aliphatic heterocycles. The van der Waals surface area contributed by atoms with E-state index in [4.69, 9.17) is 21.7 Å². The minimum atomic E-state index is -0.452. The normalized spacial score (nSPS) is 23.5. The van der Waals surface area contributed by atoms with Crippen LogP contribution in [0.15, 0.2) is 35.4 Å². The van der Waals surface area contributed by atoms with Crippen LogP contribution in [0.2, 0.25) is 0 Å². The summed E-state index contributed by atoms with van der Waals surface area (Å²) in [7, 11) is 2.13. The molecule has 3 unspecified atom stereocenters. The second-order valence-corrected chi connectivity index (χ2v) is 9.91. The van der Waals surface area contributed by atoms with Crippen LogP contribution in [0.3, 0.4) is 0 Å². The molecular weight excluding hydrogens is 473 g/mol. The van der Waals surface area contributed by atoms with Crippen molar-refractivity contribution in [2.24, 2.45) is 22.7 Å². The molecule has 0 amide bonds. The van der Waals surface area contributed by atoms with Gasteiger partial charge in [0.05, 0.1) is 24.0 Å². The monoisotopic (exact) mass is 507 g/mol. The Kier molecular flexibility index (Phi) is 8.51. The fraction of sp³-hybridized carbons (Fsp3) is 0.444. The molecule has 37 heavy (non-hydrogen) atoms. The summed E-state index contributed by atoms with van der Waals surface area (Å²) in [5.74, 6) is 10.4. The van der Waals surface area contributed by atoms with E-state index in [-0.39, 0.29) is 17.6 Å². The number of halogens is 1. The van der Waals surface area contributed by atoms with Crippen LogP contribution in [-0.4, -0.2) is 68.3 Å². The molecule has 1 aliphatic carbocycles. The number of likely N-dealkylation sites (N-methyl/N-ethyl adjacent to an activating group) is 1. The van der Waals surface area contributed by atoms with E-state index >= 15 is 0 Å². The molecule has 2 saturated heterocycles. The zero-order valence-corrected chi connectivity index (χ0v) is 21.3. The van der Waals surface area contributed by atoms with E-state index in [1.165, 1.54) is 28.5 Å². The first-order valence-corrected chi connectivity index (χ1v) is 12.4. The van der Waals surface area contributed by atoms with Crippen molar-refractivity contribution >= 4 is 18.3 Å². The molecule has 0 saturated carbocycles. The molecular formula is C27H34FN7O2. The van der Waals surface area contributed by atoms with Crippen molar-refractivity contribution in [3.05, 3.63) is 64.0 Å². The third kappa shape index (κ3) is 5.97. The molecule has 3 atom stereocenters. The fourth-order valence-electron chi connectivity index (χ4n) is 5.34. The van der Waals surface area contributed by atoms with Gasteiger partial charge in [0, 0.05) is 38.1 Å². The Bertz CT molecular complexity index is 1200. The van der Waals surface area contributed by atoms with Crippen LogP contribution in [0, 0.1) is 30.0 Å². The number of hydrazine groups is 1. The van der Waals surface area contributed by atoms with Crippen LogP contribution in [0.25, 0.3) is 0 Å². The van der Waals surface area contributed by atoms with Gasteiger partial charge in [-0.1, -0.05) is 12.1 Å². The van der Waals surface area contributed by atoms with Gasteiger partial charge in [0.1, 0.15) is 24.5 Å². The van der Waals surface area contributed by atoms with E-state index in [0.29, 0.717) is 18.2 Å². The number of ether oxygens (including phenoxy) is 1. The third-order valence-electron chi connectivity index (χ3n) is 7.45. The first-order chi connectivity index (χ1) is 17.8. The van der Waals surface area contributed by atoms with Crippen LogP contribution in [-0.2, 0) is 22.4 Å². The molecule has 0 spiro atoms. The van der Waals surface area contributed by atoms with E-state index in [2.05, 4.69) is 21.9 Å². The highest BCUT2D eigenvalue weighted by molar-refractivity contribution is 5.77. The number of nitrogens with two attached hydrogens (primary N) is 2. The summed E-state index contributed by atoms with van der Waals surface area (Å²) in [5, 5.41) is 13.8. The highest BCUT2D eigenvalue weighted by Crippen LogP contribution is 2.31. The number of carbonyl (C=O) groups excluding carboxylic acids is 1. The predicted octanol–water partition coefficient (Wildman–Crippen LogP) is 1.88. The SMILES string of the molecule is Cc1c(C2CN3CCN(C)CC3CO2)ccc(F)c1C#N.N/N=C\N(N)c1ccc2c(c1)CC(C=O)C2. The summed E-state index contributed by atoms with van der Waals surface area (Å²) in [6.45, 7) is 6.43. The largest absolute Gasteiger partial charge is 0.370 e. The molecule has 196 valence electrons. The second-order valence-electron chi connectivity index (χ2n) is 9.91. The van der Waals surface area contributed by atoms with Crippen molar-refractivity contribution in [2.45, 2.75) is 31.9 Å². The number of carbonyl (C=O) groups is 1. The van der Waals surface area contributed by atoms with Gasteiger partial charge in [-0.2, -0.15) is 10.4 Å². The third-order valence-corrected chi connectivity index (χ3v) is 7.45. The topological polar surface area (TPSA) is 124 Å². The number of piperazine rings is 1. The molecule has 3 aliphatic rings. The van der Waals surface area contributed by atoms with Crippen molar-refractivity contribution in [3.8, 4) is 6.07 Å². The molecule has 0 aromatic heterocycles. The molecule has 2 fully saturated rings. The number of aldehydes is 1. The molecule has 2 aromatic carbocycles. The van der Waals surface area contributed by atoms with E-state index in [1.807, 2.05) is 24.3 Å². The lowest BCUT2D eigenvalue weighted by molar-refractivity contribution is -0.110. The Morgan fingerprint density at radius 2 is 2.00 bits per heavy atom. The minimum absolute atomic E-state index is 0.0719. The van der Waals surface area contributed by atoms with Gasteiger partial charge >= 0.3 is 0 Å². The number of morpholine rings is 1. The number of nitrogens with zero attached hydrogens (tertiary/aromatic N) is 5. The van der Waals surface area contributed by atoms with E-state index in [0.717, 1.165) is 56.6 Å². The minimum Gasteiger partial charge on any atom is -0.370 e. The van der Waals surface area contributed by atoms with Crippen molar-refractivity contribution in [3.63, 3.8) is 0 Å². The molecule has 4 N–H and O–H groups in total. The lowest BCUT2D eigenvalue weighted by Crippen LogP contribution is -2.57. The maximum absolute atomic E-state index is 13.6. The number of benzene rings is 2. The summed E-state index contributed by atoms with van der Waals surface area (Å²) >= 11 is 0. The van der Waals surface area contributed by atoms with E-state index < -0.39 is 5.82 Å². The number of hydrazone groups is 1. The Balaban J connectivity index is 0.000000180. The molecule has 0 radical (unpaired) electrons. The van der Waals surface area contributed by atoms with Crippen LogP contribution < -0.4 is 16.7 Å². The van der Waals surface area contributed by atoms with Gasteiger partial charge in [0.25, 0.3) is 0 Å². The maximum atomic E-state index is 13.6. The highest BCUT2D eigenvalue weighted by Gasteiger charge is 2.34. The number of nitriles is 1. The summed E-state index contributed by atoms with van der Waals surface area (Å²) in [5.41, 5.74) is 4.99. The number of hydrogen-bond donors (Lipinski definition) is 2. The van der Waals surface area contributed by atoms with Crippen LogP contribution in [0.1, 0.15) is 33.9 Å². The second kappa shape index (κ2) is 11.8. The lowest BCUT2D eigenvalue weighted by Gasteiger charge is -2.45. The van der Waals surface area contributed by atoms with Gasteiger partial charge in [0.15, 0.2) is 0 Å². The molecule has 2 aromatic rings. The van der Waals surface area contributed by atoms with Gasteiger partial charge in [-0.25, -0.2) is 10.2 Å².